The molecule has 19 heavy (non-hydrogen) atoms. The largest absolute Gasteiger partial charge is 0.508 e. The van der Waals surface area contributed by atoms with Crippen molar-refractivity contribution in [3.05, 3.63) is 47.8 Å². The summed E-state index contributed by atoms with van der Waals surface area (Å²) < 4.78 is 1.95. The second-order valence-electron chi connectivity index (χ2n) is 5.01. The van der Waals surface area contributed by atoms with E-state index in [-0.39, 0.29) is 0 Å². The SMILES string of the molecule is Oc1cccc2c1CCC2NCCCn1cccn1. The van der Waals surface area contributed by atoms with Crippen molar-refractivity contribution < 1.29 is 5.11 Å². The van der Waals surface area contributed by atoms with Crippen molar-refractivity contribution in [2.24, 2.45) is 0 Å². The summed E-state index contributed by atoms with van der Waals surface area (Å²) in [4.78, 5) is 0. The van der Waals surface area contributed by atoms with Crippen LogP contribution in [0.15, 0.2) is 36.7 Å². The highest BCUT2D eigenvalue weighted by atomic mass is 16.3. The van der Waals surface area contributed by atoms with Gasteiger partial charge >= 0.3 is 0 Å². The van der Waals surface area contributed by atoms with Gasteiger partial charge in [-0.05, 0) is 49.1 Å². The molecule has 1 atom stereocenters. The van der Waals surface area contributed by atoms with Gasteiger partial charge in [0.05, 0.1) is 0 Å². The summed E-state index contributed by atoms with van der Waals surface area (Å²) in [5.41, 5.74) is 2.38. The third-order valence-corrected chi connectivity index (χ3v) is 3.76. The van der Waals surface area contributed by atoms with Crippen molar-refractivity contribution in [2.75, 3.05) is 6.54 Å². The van der Waals surface area contributed by atoms with Crippen LogP contribution in [0.3, 0.4) is 0 Å². The molecule has 0 saturated heterocycles. The number of hydrogen-bond donors (Lipinski definition) is 2. The zero-order valence-corrected chi connectivity index (χ0v) is 10.9. The third-order valence-electron chi connectivity index (χ3n) is 3.76. The molecular formula is C15H19N3O. The van der Waals surface area contributed by atoms with Gasteiger partial charge in [0.1, 0.15) is 5.75 Å². The monoisotopic (exact) mass is 257 g/mol. The Bertz CT molecular complexity index is 536. The molecule has 1 aliphatic rings. The molecule has 4 nitrogen and oxygen atoms in total. The average Bonchev–Trinajstić information content (AvgIpc) is 3.05. The quantitative estimate of drug-likeness (QED) is 0.808. The minimum Gasteiger partial charge on any atom is -0.508 e. The molecule has 0 fully saturated rings. The number of phenols is 1. The predicted molar refractivity (Wildman–Crippen MR) is 74.0 cm³/mol. The van der Waals surface area contributed by atoms with Gasteiger partial charge in [-0.3, -0.25) is 4.68 Å². The first-order valence-electron chi connectivity index (χ1n) is 6.86. The Morgan fingerprint density at radius 2 is 2.32 bits per heavy atom. The van der Waals surface area contributed by atoms with Gasteiger partial charge in [0, 0.05) is 25.0 Å². The number of phenolic OH excluding ortho intramolecular Hbond substituents is 1. The number of fused-ring (bicyclic) bond motifs is 1. The Balaban J connectivity index is 1.51. The van der Waals surface area contributed by atoms with Gasteiger partial charge in [-0.2, -0.15) is 5.10 Å². The van der Waals surface area contributed by atoms with E-state index in [1.54, 1.807) is 6.07 Å². The fourth-order valence-electron chi connectivity index (χ4n) is 2.80. The molecule has 0 bridgehead atoms. The van der Waals surface area contributed by atoms with Crippen molar-refractivity contribution in [3.63, 3.8) is 0 Å². The highest BCUT2D eigenvalue weighted by molar-refractivity contribution is 5.44. The number of rotatable bonds is 5. The minimum atomic E-state index is 0.389. The second-order valence-corrected chi connectivity index (χ2v) is 5.01. The summed E-state index contributed by atoms with van der Waals surface area (Å²) in [6.45, 7) is 1.92. The van der Waals surface area contributed by atoms with E-state index in [1.165, 1.54) is 5.56 Å². The fourth-order valence-corrected chi connectivity index (χ4v) is 2.80. The number of aryl methyl sites for hydroxylation is 1. The van der Waals surface area contributed by atoms with Crippen molar-refractivity contribution in [1.29, 1.82) is 0 Å². The lowest BCUT2D eigenvalue weighted by Crippen LogP contribution is -2.21. The third kappa shape index (κ3) is 2.63. The van der Waals surface area contributed by atoms with E-state index in [2.05, 4.69) is 16.5 Å². The molecule has 0 saturated carbocycles. The van der Waals surface area contributed by atoms with E-state index in [0.29, 0.717) is 11.8 Å². The summed E-state index contributed by atoms with van der Waals surface area (Å²) in [7, 11) is 0. The zero-order chi connectivity index (χ0) is 13.1. The standard InChI is InChI=1S/C15H19N3O/c19-15-5-1-4-12-13(15)6-7-14(12)16-8-2-10-18-11-3-9-17-18/h1,3-5,9,11,14,16,19H,2,6-8,10H2. The van der Waals surface area contributed by atoms with Gasteiger partial charge in [0.15, 0.2) is 0 Å². The molecular weight excluding hydrogens is 238 g/mol. The van der Waals surface area contributed by atoms with E-state index in [4.69, 9.17) is 0 Å². The van der Waals surface area contributed by atoms with Crippen molar-refractivity contribution in [1.82, 2.24) is 15.1 Å². The highest BCUT2D eigenvalue weighted by Gasteiger charge is 2.23. The Kier molecular flexibility index (Phi) is 3.51. The van der Waals surface area contributed by atoms with Crippen molar-refractivity contribution in [3.8, 4) is 5.75 Å². The van der Waals surface area contributed by atoms with Gasteiger partial charge in [0.2, 0.25) is 0 Å². The number of nitrogens with zero attached hydrogens (tertiary/aromatic N) is 2. The number of benzene rings is 1. The van der Waals surface area contributed by atoms with Crippen LogP contribution in [0, 0.1) is 0 Å². The molecule has 0 amide bonds. The first kappa shape index (κ1) is 12.2. The molecule has 1 unspecified atom stereocenters. The van der Waals surface area contributed by atoms with E-state index in [9.17, 15) is 5.11 Å². The molecule has 4 heteroatoms. The lowest BCUT2D eigenvalue weighted by Gasteiger charge is -2.14. The Morgan fingerprint density at radius 3 is 3.16 bits per heavy atom. The summed E-state index contributed by atoms with van der Waals surface area (Å²) in [5, 5.41) is 17.6. The van der Waals surface area contributed by atoms with Gasteiger partial charge in [0.25, 0.3) is 0 Å². The molecule has 0 spiro atoms. The molecule has 100 valence electrons. The molecule has 2 N–H and O–H groups in total. The van der Waals surface area contributed by atoms with Crippen LogP contribution in [-0.4, -0.2) is 21.4 Å². The second kappa shape index (κ2) is 5.45. The van der Waals surface area contributed by atoms with E-state index >= 15 is 0 Å². The van der Waals surface area contributed by atoms with Crippen LogP contribution in [0.25, 0.3) is 0 Å². The molecule has 1 aromatic carbocycles. The molecule has 0 aliphatic heterocycles. The van der Waals surface area contributed by atoms with Crippen LogP contribution in [-0.2, 0) is 13.0 Å². The first-order valence-corrected chi connectivity index (χ1v) is 6.86. The molecule has 1 aliphatic carbocycles. The first-order chi connectivity index (χ1) is 9.34. The Morgan fingerprint density at radius 1 is 1.37 bits per heavy atom. The van der Waals surface area contributed by atoms with Crippen LogP contribution >= 0.6 is 0 Å². The van der Waals surface area contributed by atoms with Gasteiger partial charge in [-0.1, -0.05) is 12.1 Å². The summed E-state index contributed by atoms with van der Waals surface area (Å²) in [6.07, 6.45) is 6.91. The lowest BCUT2D eigenvalue weighted by molar-refractivity contribution is 0.469. The lowest BCUT2D eigenvalue weighted by atomic mass is 10.1. The number of nitrogens with one attached hydrogen (secondary N) is 1. The maximum absolute atomic E-state index is 9.81. The minimum absolute atomic E-state index is 0.389. The summed E-state index contributed by atoms with van der Waals surface area (Å²) >= 11 is 0. The van der Waals surface area contributed by atoms with Gasteiger partial charge in [-0.15, -0.1) is 0 Å². The molecule has 0 radical (unpaired) electrons. The van der Waals surface area contributed by atoms with Crippen molar-refractivity contribution in [2.45, 2.75) is 31.8 Å². The Labute approximate surface area is 113 Å². The van der Waals surface area contributed by atoms with Crippen LogP contribution < -0.4 is 5.32 Å². The number of aromatic nitrogens is 2. The fraction of sp³-hybridized carbons (Fsp3) is 0.400. The van der Waals surface area contributed by atoms with Crippen LogP contribution in [0.4, 0.5) is 0 Å². The summed E-state index contributed by atoms with van der Waals surface area (Å²) in [5.74, 6) is 0.443. The maximum atomic E-state index is 9.81. The van der Waals surface area contributed by atoms with E-state index < -0.39 is 0 Å². The number of aromatic hydroxyl groups is 1. The van der Waals surface area contributed by atoms with Gasteiger partial charge < -0.3 is 10.4 Å². The van der Waals surface area contributed by atoms with Crippen LogP contribution in [0.5, 0.6) is 5.75 Å². The smallest absolute Gasteiger partial charge is 0.119 e. The van der Waals surface area contributed by atoms with Crippen molar-refractivity contribution >= 4 is 0 Å². The molecule has 2 aromatic rings. The average molecular weight is 257 g/mol. The number of hydrogen-bond acceptors (Lipinski definition) is 3. The topological polar surface area (TPSA) is 50.1 Å². The summed E-state index contributed by atoms with van der Waals surface area (Å²) in [6, 6.07) is 8.16. The molecule has 1 aromatic heterocycles. The van der Waals surface area contributed by atoms with Gasteiger partial charge in [-0.25, -0.2) is 0 Å². The van der Waals surface area contributed by atoms with E-state index in [1.807, 2.05) is 29.2 Å². The maximum Gasteiger partial charge on any atom is 0.119 e. The van der Waals surface area contributed by atoms with E-state index in [0.717, 1.165) is 37.9 Å². The molecule has 1 heterocycles. The Hall–Kier alpha value is -1.81. The highest BCUT2D eigenvalue weighted by Crippen LogP contribution is 2.36. The van der Waals surface area contributed by atoms with Crippen LogP contribution in [0.1, 0.15) is 30.0 Å². The predicted octanol–water partition coefficient (Wildman–Crippen LogP) is 2.26. The van der Waals surface area contributed by atoms with Crippen LogP contribution in [0.2, 0.25) is 0 Å². The zero-order valence-electron chi connectivity index (χ0n) is 10.9. The normalized spacial score (nSPS) is 17.6. The molecule has 3 rings (SSSR count).